The molecule has 2 aromatic carbocycles. The van der Waals surface area contributed by atoms with Crippen LogP contribution in [0.3, 0.4) is 0 Å². The van der Waals surface area contributed by atoms with Gasteiger partial charge in [0.2, 0.25) is 0 Å². The smallest absolute Gasteiger partial charge is 0.296 e. The average molecular weight is 239 g/mol. The number of fused-ring (bicyclic) bond motifs is 1. The number of hydrogen-bond donors (Lipinski definition) is 3. The van der Waals surface area contributed by atoms with Crippen LogP contribution < -0.4 is 5.73 Å². The number of benzene rings is 2. The van der Waals surface area contributed by atoms with Crippen LogP contribution in [-0.2, 0) is 10.1 Å². The van der Waals surface area contributed by atoms with Gasteiger partial charge in [-0.1, -0.05) is 12.1 Å². The SMILES string of the molecule is Nc1c(S(=O)(=O)O)ccc2c(O)cccc12. The molecule has 2 rings (SSSR count). The third-order valence-electron chi connectivity index (χ3n) is 2.32. The van der Waals surface area contributed by atoms with Crippen LogP contribution in [0.1, 0.15) is 0 Å². The quantitative estimate of drug-likeness (QED) is 0.515. The molecule has 0 unspecified atom stereocenters. The second-order valence-electron chi connectivity index (χ2n) is 3.32. The van der Waals surface area contributed by atoms with Gasteiger partial charge in [-0.3, -0.25) is 4.55 Å². The molecule has 0 aromatic heterocycles. The molecule has 0 saturated heterocycles. The second-order valence-corrected chi connectivity index (χ2v) is 4.71. The van der Waals surface area contributed by atoms with Crippen LogP contribution in [0.25, 0.3) is 10.8 Å². The van der Waals surface area contributed by atoms with Crippen molar-refractivity contribution in [2.45, 2.75) is 4.90 Å². The summed E-state index contributed by atoms with van der Waals surface area (Å²) in [5.41, 5.74) is 5.55. The fourth-order valence-corrected chi connectivity index (χ4v) is 2.20. The highest BCUT2D eigenvalue weighted by Gasteiger charge is 2.16. The Balaban J connectivity index is 2.92. The first-order valence-electron chi connectivity index (χ1n) is 4.39. The highest BCUT2D eigenvalue weighted by molar-refractivity contribution is 7.86. The zero-order valence-corrected chi connectivity index (χ0v) is 8.90. The number of rotatable bonds is 1. The van der Waals surface area contributed by atoms with E-state index in [-0.39, 0.29) is 16.3 Å². The number of nitrogens with two attached hydrogens (primary N) is 1. The summed E-state index contributed by atoms with van der Waals surface area (Å²) in [6, 6.07) is 7.13. The highest BCUT2D eigenvalue weighted by Crippen LogP contribution is 2.32. The van der Waals surface area contributed by atoms with Gasteiger partial charge in [-0.25, -0.2) is 0 Å². The summed E-state index contributed by atoms with van der Waals surface area (Å²) < 4.78 is 30.9. The van der Waals surface area contributed by atoms with Gasteiger partial charge in [0.25, 0.3) is 10.1 Å². The summed E-state index contributed by atoms with van der Waals surface area (Å²) in [4.78, 5) is -0.356. The van der Waals surface area contributed by atoms with Crippen LogP contribution in [0.2, 0.25) is 0 Å². The molecule has 0 spiro atoms. The molecule has 0 atom stereocenters. The molecule has 0 aliphatic heterocycles. The van der Waals surface area contributed by atoms with E-state index < -0.39 is 10.1 Å². The number of phenolic OH excluding ortho intramolecular Hbond substituents is 1. The number of nitrogen functional groups attached to an aromatic ring is 1. The lowest BCUT2D eigenvalue weighted by Gasteiger charge is -2.07. The van der Waals surface area contributed by atoms with Gasteiger partial charge < -0.3 is 10.8 Å². The monoisotopic (exact) mass is 239 g/mol. The first-order valence-corrected chi connectivity index (χ1v) is 5.83. The molecule has 2 aromatic rings. The van der Waals surface area contributed by atoms with Gasteiger partial charge in [-0.2, -0.15) is 8.42 Å². The van der Waals surface area contributed by atoms with E-state index in [1.807, 2.05) is 0 Å². The van der Waals surface area contributed by atoms with Crippen molar-refractivity contribution < 1.29 is 18.1 Å². The topological polar surface area (TPSA) is 101 Å². The summed E-state index contributed by atoms with van der Waals surface area (Å²) >= 11 is 0. The number of phenols is 1. The van der Waals surface area contributed by atoms with Gasteiger partial charge >= 0.3 is 0 Å². The molecule has 16 heavy (non-hydrogen) atoms. The van der Waals surface area contributed by atoms with Crippen LogP contribution >= 0.6 is 0 Å². The summed E-state index contributed by atoms with van der Waals surface area (Å²) in [6.07, 6.45) is 0. The van der Waals surface area contributed by atoms with E-state index in [4.69, 9.17) is 10.3 Å². The van der Waals surface area contributed by atoms with Gasteiger partial charge in [0, 0.05) is 10.8 Å². The Bertz CT molecular complexity index is 664. The predicted octanol–water partition coefficient (Wildman–Crippen LogP) is 1.37. The molecule has 6 heteroatoms. The van der Waals surface area contributed by atoms with Crippen LogP contribution in [-0.4, -0.2) is 18.1 Å². The Hall–Kier alpha value is -1.79. The van der Waals surface area contributed by atoms with Gasteiger partial charge in [-0.15, -0.1) is 0 Å². The molecule has 5 nitrogen and oxygen atoms in total. The molecule has 0 saturated carbocycles. The van der Waals surface area contributed by atoms with E-state index in [9.17, 15) is 13.5 Å². The predicted molar refractivity (Wildman–Crippen MR) is 59.8 cm³/mol. The first kappa shape index (κ1) is 10.7. The lowest BCUT2D eigenvalue weighted by Crippen LogP contribution is -2.03. The summed E-state index contributed by atoms with van der Waals surface area (Å²) in [5.74, 6) is 0.00564. The van der Waals surface area contributed by atoms with Crippen molar-refractivity contribution in [3.63, 3.8) is 0 Å². The molecule has 0 heterocycles. The third kappa shape index (κ3) is 1.58. The van der Waals surface area contributed by atoms with Crippen LogP contribution in [0.15, 0.2) is 35.2 Å². The molecule has 84 valence electrons. The van der Waals surface area contributed by atoms with E-state index in [1.54, 1.807) is 12.1 Å². The zero-order valence-electron chi connectivity index (χ0n) is 8.08. The molecule has 0 bridgehead atoms. The van der Waals surface area contributed by atoms with E-state index >= 15 is 0 Å². The number of hydrogen-bond acceptors (Lipinski definition) is 4. The minimum absolute atomic E-state index is 0.00564. The van der Waals surface area contributed by atoms with E-state index in [1.165, 1.54) is 12.1 Å². The van der Waals surface area contributed by atoms with Crippen molar-refractivity contribution in [3.8, 4) is 5.75 Å². The van der Waals surface area contributed by atoms with Crippen molar-refractivity contribution >= 4 is 26.6 Å². The van der Waals surface area contributed by atoms with Crippen molar-refractivity contribution in [2.75, 3.05) is 5.73 Å². The van der Waals surface area contributed by atoms with Crippen molar-refractivity contribution in [1.29, 1.82) is 0 Å². The lowest BCUT2D eigenvalue weighted by molar-refractivity contribution is 0.480. The Morgan fingerprint density at radius 1 is 1.06 bits per heavy atom. The Morgan fingerprint density at radius 2 is 1.75 bits per heavy atom. The lowest BCUT2D eigenvalue weighted by atomic mass is 10.1. The van der Waals surface area contributed by atoms with E-state index in [2.05, 4.69) is 0 Å². The molecule has 0 aliphatic rings. The zero-order chi connectivity index (χ0) is 11.9. The number of aromatic hydroxyl groups is 1. The largest absolute Gasteiger partial charge is 0.507 e. The number of anilines is 1. The fourth-order valence-electron chi connectivity index (χ4n) is 1.57. The highest BCUT2D eigenvalue weighted by atomic mass is 32.2. The van der Waals surface area contributed by atoms with Gasteiger partial charge in [0.05, 0.1) is 5.69 Å². The van der Waals surface area contributed by atoms with Crippen LogP contribution in [0.4, 0.5) is 5.69 Å². The normalized spacial score (nSPS) is 11.8. The average Bonchev–Trinajstić information content (AvgIpc) is 2.18. The van der Waals surface area contributed by atoms with Crippen LogP contribution in [0, 0.1) is 0 Å². The van der Waals surface area contributed by atoms with E-state index in [0.717, 1.165) is 6.07 Å². The summed E-state index contributed by atoms with van der Waals surface area (Å²) in [6.45, 7) is 0. The molecule has 0 aliphatic carbocycles. The summed E-state index contributed by atoms with van der Waals surface area (Å²) in [7, 11) is -4.34. The molecule has 0 amide bonds. The standard InChI is InChI=1S/C10H9NO4S/c11-10-7-2-1-3-8(12)6(7)4-5-9(10)16(13,14)15/h1-5,12H,11H2,(H,13,14,15). The molecular formula is C10H9NO4S. The molecule has 0 radical (unpaired) electrons. The minimum Gasteiger partial charge on any atom is -0.507 e. The Kier molecular flexibility index (Phi) is 2.25. The maximum absolute atomic E-state index is 11.0. The maximum atomic E-state index is 11.0. The molecular weight excluding hydrogens is 230 g/mol. The minimum atomic E-state index is -4.34. The van der Waals surface area contributed by atoms with Crippen molar-refractivity contribution in [1.82, 2.24) is 0 Å². The molecule has 0 fully saturated rings. The van der Waals surface area contributed by atoms with Crippen molar-refractivity contribution in [3.05, 3.63) is 30.3 Å². The van der Waals surface area contributed by atoms with Crippen LogP contribution in [0.5, 0.6) is 5.75 Å². The van der Waals surface area contributed by atoms with Gasteiger partial charge in [0.1, 0.15) is 10.6 Å². The van der Waals surface area contributed by atoms with Gasteiger partial charge in [-0.05, 0) is 18.2 Å². The third-order valence-corrected chi connectivity index (χ3v) is 3.23. The first-order chi connectivity index (χ1) is 7.41. The van der Waals surface area contributed by atoms with E-state index in [0.29, 0.717) is 10.8 Å². The summed E-state index contributed by atoms with van der Waals surface area (Å²) in [5, 5.41) is 10.3. The Labute approximate surface area is 91.9 Å². The maximum Gasteiger partial charge on any atom is 0.296 e. The van der Waals surface area contributed by atoms with Crippen molar-refractivity contribution in [2.24, 2.45) is 0 Å². The molecule has 4 N–H and O–H groups in total. The Morgan fingerprint density at radius 3 is 2.38 bits per heavy atom. The fraction of sp³-hybridized carbons (Fsp3) is 0. The second kappa shape index (κ2) is 3.36. The van der Waals surface area contributed by atoms with Gasteiger partial charge in [0.15, 0.2) is 0 Å².